The van der Waals surface area contributed by atoms with Crippen molar-refractivity contribution in [2.75, 3.05) is 6.54 Å². The van der Waals surface area contributed by atoms with Gasteiger partial charge in [-0.3, -0.25) is 4.79 Å². The topological polar surface area (TPSA) is 46.9 Å². The van der Waals surface area contributed by atoms with Gasteiger partial charge < -0.3 is 9.88 Å². The van der Waals surface area contributed by atoms with E-state index in [9.17, 15) is 9.18 Å². The molecule has 1 aliphatic carbocycles. The Labute approximate surface area is 165 Å². The van der Waals surface area contributed by atoms with E-state index < -0.39 is 5.41 Å². The molecular weight excluding hydrogens is 409 g/mol. The maximum Gasteiger partial charge on any atom is 0.230 e. The zero-order valence-corrected chi connectivity index (χ0v) is 16.7. The zero-order valence-electron chi connectivity index (χ0n) is 15.1. The first-order valence-corrected chi connectivity index (χ1v) is 9.94. The lowest BCUT2D eigenvalue weighted by Gasteiger charge is -2.40. The van der Waals surface area contributed by atoms with Crippen LogP contribution >= 0.6 is 15.9 Å². The van der Waals surface area contributed by atoms with Crippen molar-refractivity contribution in [3.63, 3.8) is 0 Å². The van der Waals surface area contributed by atoms with Crippen LogP contribution < -0.4 is 5.32 Å². The summed E-state index contributed by atoms with van der Waals surface area (Å²) in [6.07, 6.45) is 3.44. The highest BCUT2D eigenvalue weighted by Crippen LogP contribution is 2.44. The Morgan fingerprint density at radius 3 is 2.67 bits per heavy atom. The van der Waals surface area contributed by atoms with Crippen LogP contribution in [-0.4, -0.2) is 22.0 Å². The third-order valence-electron chi connectivity index (χ3n) is 5.61. The largest absolute Gasteiger partial charge is 0.355 e. The summed E-state index contributed by atoms with van der Waals surface area (Å²) in [5.74, 6) is 0.630. The van der Waals surface area contributed by atoms with Gasteiger partial charge in [0.1, 0.15) is 11.6 Å². The number of carbonyl (C=O) groups excluding carboxylic acids is 1. The summed E-state index contributed by atoms with van der Waals surface area (Å²) in [6, 6.07) is 12.6. The van der Waals surface area contributed by atoms with E-state index >= 15 is 0 Å². The number of benzene rings is 2. The van der Waals surface area contributed by atoms with Crippen molar-refractivity contribution in [2.24, 2.45) is 7.05 Å². The Morgan fingerprint density at radius 1 is 1.26 bits per heavy atom. The molecule has 0 radical (unpaired) electrons. The number of halogens is 2. The van der Waals surface area contributed by atoms with E-state index in [0.717, 1.165) is 40.6 Å². The Morgan fingerprint density at radius 2 is 2.00 bits per heavy atom. The standard InChI is InChI=1S/C21H21BrFN3O/c1-26-18-8-7-16(23)13-17(18)25-19(26)9-12-24-20(27)21(10-2-11-21)14-3-5-15(22)6-4-14/h3-8,13H,2,9-12H2,1H3,(H,24,27). The second-order valence-electron chi connectivity index (χ2n) is 7.17. The molecule has 0 aliphatic heterocycles. The number of amides is 1. The summed E-state index contributed by atoms with van der Waals surface area (Å²) in [4.78, 5) is 17.4. The number of aryl methyl sites for hydroxylation is 1. The van der Waals surface area contributed by atoms with Gasteiger partial charge in [0.05, 0.1) is 16.4 Å². The molecular formula is C21H21BrFN3O. The van der Waals surface area contributed by atoms with E-state index in [1.807, 2.05) is 35.9 Å². The summed E-state index contributed by atoms with van der Waals surface area (Å²) in [5, 5.41) is 3.09. The van der Waals surface area contributed by atoms with Gasteiger partial charge in [0.2, 0.25) is 5.91 Å². The molecule has 0 spiro atoms. The second-order valence-corrected chi connectivity index (χ2v) is 8.08. The summed E-state index contributed by atoms with van der Waals surface area (Å²) in [5.41, 5.74) is 2.20. The van der Waals surface area contributed by atoms with Crippen LogP contribution in [-0.2, 0) is 23.7 Å². The van der Waals surface area contributed by atoms with Crippen LogP contribution in [0.15, 0.2) is 46.9 Å². The minimum absolute atomic E-state index is 0.0841. The number of rotatable bonds is 5. The highest BCUT2D eigenvalue weighted by Gasteiger charge is 2.45. The quantitative estimate of drug-likeness (QED) is 0.658. The highest BCUT2D eigenvalue weighted by atomic mass is 79.9. The van der Waals surface area contributed by atoms with Crippen LogP contribution in [0, 0.1) is 5.82 Å². The van der Waals surface area contributed by atoms with Gasteiger partial charge in [-0.05, 0) is 42.7 Å². The summed E-state index contributed by atoms with van der Waals surface area (Å²) in [6.45, 7) is 0.511. The molecule has 1 heterocycles. The lowest BCUT2D eigenvalue weighted by Crippen LogP contribution is -2.49. The molecule has 4 nitrogen and oxygen atoms in total. The molecule has 140 valence electrons. The number of imidazole rings is 1. The second kappa shape index (κ2) is 7.08. The fraction of sp³-hybridized carbons (Fsp3) is 0.333. The van der Waals surface area contributed by atoms with Gasteiger partial charge in [-0.25, -0.2) is 9.37 Å². The summed E-state index contributed by atoms with van der Waals surface area (Å²) >= 11 is 3.45. The van der Waals surface area contributed by atoms with Gasteiger partial charge >= 0.3 is 0 Å². The average Bonchev–Trinajstić information content (AvgIpc) is 2.91. The number of hydrogen-bond donors (Lipinski definition) is 1. The molecule has 0 atom stereocenters. The zero-order chi connectivity index (χ0) is 19.0. The lowest BCUT2D eigenvalue weighted by molar-refractivity contribution is -0.129. The first-order chi connectivity index (χ1) is 13.0. The molecule has 27 heavy (non-hydrogen) atoms. The van der Waals surface area contributed by atoms with Crippen LogP contribution in [0.5, 0.6) is 0 Å². The molecule has 6 heteroatoms. The van der Waals surface area contributed by atoms with Crippen molar-refractivity contribution in [3.8, 4) is 0 Å². The highest BCUT2D eigenvalue weighted by molar-refractivity contribution is 9.10. The monoisotopic (exact) mass is 429 g/mol. The molecule has 0 bridgehead atoms. The molecule has 1 saturated carbocycles. The number of hydrogen-bond acceptors (Lipinski definition) is 2. The van der Waals surface area contributed by atoms with Crippen molar-refractivity contribution >= 4 is 32.9 Å². The predicted molar refractivity (Wildman–Crippen MR) is 107 cm³/mol. The van der Waals surface area contributed by atoms with Crippen LogP contribution in [0.4, 0.5) is 4.39 Å². The molecule has 0 unspecified atom stereocenters. The van der Waals surface area contributed by atoms with E-state index in [2.05, 4.69) is 26.2 Å². The van der Waals surface area contributed by atoms with Crippen molar-refractivity contribution in [1.82, 2.24) is 14.9 Å². The van der Waals surface area contributed by atoms with E-state index in [1.54, 1.807) is 6.07 Å². The molecule has 4 rings (SSSR count). The third-order valence-corrected chi connectivity index (χ3v) is 6.14. The van der Waals surface area contributed by atoms with Gasteiger partial charge in [-0.15, -0.1) is 0 Å². The number of nitrogens with one attached hydrogen (secondary N) is 1. The molecule has 1 aliphatic rings. The normalized spacial score (nSPS) is 15.5. The van der Waals surface area contributed by atoms with Crippen molar-refractivity contribution in [1.29, 1.82) is 0 Å². The first kappa shape index (κ1) is 18.2. The van der Waals surface area contributed by atoms with Gasteiger partial charge in [-0.2, -0.15) is 0 Å². The SMILES string of the molecule is Cn1c(CCNC(=O)C2(c3ccc(Br)cc3)CCC2)nc2cc(F)ccc21. The van der Waals surface area contributed by atoms with Gasteiger partial charge in [0, 0.05) is 30.6 Å². The minimum Gasteiger partial charge on any atom is -0.355 e. The molecule has 2 aromatic carbocycles. The van der Waals surface area contributed by atoms with Crippen molar-refractivity contribution in [3.05, 3.63) is 64.1 Å². The van der Waals surface area contributed by atoms with E-state index in [-0.39, 0.29) is 11.7 Å². The maximum atomic E-state index is 13.4. The third kappa shape index (κ3) is 3.27. The molecule has 0 saturated heterocycles. The summed E-state index contributed by atoms with van der Waals surface area (Å²) < 4.78 is 16.4. The Hall–Kier alpha value is -2.21. The minimum atomic E-state index is -0.407. The number of nitrogens with zero attached hydrogens (tertiary/aromatic N) is 2. The predicted octanol–water partition coefficient (Wildman–Crippen LogP) is 4.26. The van der Waals surface area contributed by atoms with Crippen LogP contribution in [0.25, 0.3) is 11.0 Å². The molecule has 1 fully saturated rings. The van der Waals surface area contributed by atoms with Crippen LogP contribution in [0.3, 0.4) is 0 Å². The first-order valence-electron chi connectivity index (χ1n) is 9.15. The molecule has 1 N–H and O–H groups in total. The fourth-order valence-corrected chi connectivity index (χ4v) is 4.11. The van der Waals surface area contributed by atoms with Crippen LogP contribution in [0.1, 0.15) is 30.7 Å². The lowest BCUT2D eigenvalue weighted by atomic mass is 9.64. The Bertz CT molecular complexity index is 993. The van der Waals surface area contributed by atoms with Crippen LogP contribution in [0.2, 0.25) is 0 Å². The Balaban J connectivity index is 1.45. The Kier molecular flexibility index (Phi) is 4.76. The van der Waals surface area contributed by atoms with E-state index in [1.165, 1.54) is 12.1 Å². The number of carbonyl (C=O) groups is 1. The van der Waals surface area contributed by atoms with Gasteiger partial charge in [0.25, 0.3) is 0 Å². The number of aromatic nitrogens is 2. The average molecular weight is 430 g/mol. The maximum absolute atomic E-state index is 13.4. The number of fused-ring (bicyclic) bond motifs is 1. The molecule has 1 amide bonds. The fourth-order valence-electron chi connectivity index (χ4n) is 3.85. The summed E-state index contributed by atoms with van der Waals surface area (Å²) in [7, 11) is 1.92. The molecule has 3 aromatic rings. The van der Waals surface area contributed by atoms with Gasteiger partial charge in [-0.1, -0.05) is 34.5 Å². The van der Waals surface area contributed by atoms with Gasteiger partial charge in [0.15, 0.2) is 0 Å². The molecule has 1 aromatic heterocycles. The van der Waals surface area contributed by atoms with Crippen molar-refractivity contribution < 1.29 is 9.18 Å². The van der Waals surface area contributed by atoms with E-state index in [0.29, 0.717) is 18.5 Å². The van der Waals surface area contributed by atoms with E-state index in [4.69, 9.17) is 0 Å². The van der Waals surface area contributed by atoms with Crippen molar-refractivity contribution in [2.45, 2.75) is 31.1 Å². The smallest absolute Gasteiger partial charge is 0.230 e.